The molecule has 0 aromatic carbocycles. The van der Waals surface area contributed by atoms with Gasteiger partial charge in [0.15, 0.2) is 11.6 Å². The Morgan fingerprint density at radius 2 is 2.17 bits per heavy atom. The van der Waals surface area contributed by atoms with Gasteiger partial charge in [-0.3, -0.25) is 5.43 Å². The zero-order valence-corrected chi connectivity index (χ0v) is 10.3. The summed E-state index contributed by atoms with van der Waals surface area (Å²) in [7, 11) is 0. The fraction of sp³-hybridized carbons (Fsp3) is 0.636. The zero-order valence-electron chi connectivity index (χ0n) is 10.3. The van der Waals surface area contributed by atoms with Crippen LogP contribution in [0.4, 0.5) is 16.2 Å². The topological polar surface area (TPSA) is 79.1 Å². The molecule has 7 heteroatoms. The van der Waals surface area contributed by atoms with E-state index in [1.165, 1.54) is 25.9 Å². The Morgan fingerprint density at radius 1 is 1.39 bits per heavy atom. The number of hydrazine groups is 1. The Labute approximate surface area is 106 Å². The lowest BCUT2D eigenvalue weighted by Crippen LogP contribution is -2.22. The molecule has 0 aliphatic carbocycles. The third kappa shape index (κ3) is 3.51. The van der Waals surface area contributed by atoms with Crippen LogP contribution in [0.2, 0.25) is 0 Å². The summed E-state index contributed by atoms with van der Waals surface area (Å²) in [5.41, 5.74) is 2.29. The molecule has 1 saturated heterocycles. The zero-order chi connectivity index (χ0) is 12.8. The molecule has 0 saturated carbocycles. The van der Waals surface area contributed by atoms with Gasteiger partial charge in [-0.15, -0.1) is 0 Å². The van der Waals surface area contributed by atoms with E-state index in [1.54, 1.807) is 0 Å². The van der Waals surface area contributed by atoms with Crippen LogP contribution < -0.4 is 16.6 Å². The number of hydrogen-bond donors (Lipinski definition) is 3. The molecule has 4 N–H and O–H groups in total. The molecule has 1 fully saturated rings. The van der Waals surface area contributed by atoms with Crippen molar-refractivity contribution in [3.8, 4) is 0 Å². The number of aromatic nitrogens is 2. The Balaban J connectivity index is 1.75. The van der Waals surface area contributed by atoms with Gasteiger partial charge < -0.3 is 10.2 Å². The first-order chi connectivity index (χ1) is 8.79. The van der Waals surface area contributed by atoms with Crippen molar-refractivity contribution in [2.24, 2.45) is 5.84 Å². The van der Waals surface area contributed by atoms with Gasteiger partial charge in [0.2, 0.25) is 5.95 Å². The summed E-state index contributed by atoms with van der Waals surface area (Å²) in [6, 6.07) is 0. The van der Waals surface area contributed by atoms with Crippen LogP contribution in [0.5, 0.6) is 0 Å². The molecule has 1 aliphatic heterocycles. The predicted molar refractivity (Wildman–Crippen MR) is 68.6 cm³/mol. The first kappa shape index (κ1) is 13.0. The Morgan fingerprint density at radius 3 is 2.89 bits per heavy atom. The lowest BCUT2D eigenvalue weighted by atomic mass is 10.4. The van der Waals surface area contributed by atoms with Gasteiger partial charge in [0, 0.05) is 6.54 Å². The minimum atomic E-state index is -0.463. The van der Waals surface area contributed by atoms with Gasteiger partial charge in [0.25, 0.3) is 0 Å². The van der Waals surface area contributed by atoms with E-state index in [9.17, 15) is 4.39 Å². The number of nitrogen functional groups attached to an aromatic ring is 1. The average molecular weight is 254 g/mol. The van der Waals surface area contributed by atoms with E-state index in [0.29, 0.717) is 6.54 Å². The van der Waals surface area contributed by atoms with Crippen molar-refractivity contribution >= 4 is 11.8 Å². The van der Waals surface area contributed by atoms with Crippen molar-refractivity contribution in [3.05, 3.63) is 12.0 Å². The van der Waals surface area contributed by atoms with Crippen molar-refractivity contribution in [3.63, 3.8) is 0 Å². The number of halogens is 1. The normalized spacial score (nSPS) is 15.9. The van der Waals surface area contributed by atoms with E-state index in [4.69, 9.17) is 5.84 Å². The summed E-state index contributed by atoms with van der Waals surface area (Å²) in [6.45, 7) is 4.10. The number of rotatable bonds is 6. The van der Waals surface area contributed by atoms with Crippen molar-refractivity contribution in [2.45, 2.75) is 19.3 Å². The minimum Gasteiger partial charge on any atom is -0.367 e. The molecule has 0 bridgehead atoms. The maximum Gasteiger partial charge on any atom is 0.239 e. The van der Waals surface area contributed by atoms with E-state index in [0.717, 1.165) is 19.2 Å². The number of anilines is 2. The standard InChI is InChI=1S/C11H19FN6/c12-9-8-15-11(17-13)16-10(9)14-4-3-7-18-5-1-2-6-18/h8H,1-7,13H2,(H2,14,15,16,17). The van der Waals surface area contributed by atoms with Crippen LogP contribution in [-0.2, 0) is 0 Å². The van der Waals surface area contributed by atoms with Gasteiger partial charge in [0.05, 0.1) is 6.20 Å². The SMILES string of the molecule is NNc1ncc(F)c(NCCCN2CCCC2)n1. The summed E-state index contributed by atoms with van der Waals surface area (Å²) in [4.78, 5) is 10.0. The second-order valence-corrected chi connectivity index (χ2v) is 4.36. The minimum absolute atomic E-state index is 0.194. The highest BCUT2D eigenvalue weighted by atomic mass is 19.1. The molecule has 6 nitrogen and oxygen atoms in total. The molecule has 100 valence electrons. The van der Waals surface area contributed by atoms with E-state index < -0.39 is 5.82 Å². The predicted octanol–water partition coefficient (Wildman–Crippen LogP) is 0.799. The average Bonchev–Trinajstić information content (AvgIpc) is 2.89. The lowest BCUT2D eigenvalue weighted by molar-refractivity contribution is 0.337. The molecule has 0 spiro atoms. The van der Waals surface area contributed by atoms with Crippen LogP contribution in [0.1, 0.15) is 19.3 Å². The molecule has 0 atom stereocenters. The summed E-state index contributed by atoms with van der Waals surface area (Å²) in [6.07, 6.45) is 4.65. The fourth-order valence-electron chi connectivity index (χ4n) is 2.08. The van der Waals surface area contributed by atoms with Crippen LogP contribution in [-0.4, -0.2) is 41.0 Å². The van der Waals surface area contributed by atoms with Gasteiger partial charge in [-0.05, 0) is 38.9 Å². The van der Waals surface area contributed by atoms with E-state index in [1.807, 2.05) is 0 Å². The highest BCUT2D eigenvalue weighted by molar-refractivity contribution is 5.40. The number of nitrogens with two attached hydrogens (primary N) is 1. The second kappa shape index (κ2) is 6.46. The summed E-state index contributed by atoms with van der Waals surface area (Å²) in [5.74, 6) is 5.11. The Hall–Kier alpha value is -1.47. The summed E-state index contributed by atoms with van der Waals surface area (Å²) < 4.78 is 13.4. The molecule has 0 unspecified atom stereocenters. The van der Waals surface area contributed by atoms with Crippen molar-refractivity contribution in [2.75, 3.05) is 36.9 Å². The molecule has 0 amide bonds. The highest BCUT2D eigenvalue weighted by Gasteiger charge is 2.10. The monoisotopic (exact) mass is 254 g/mol. The smallest absolute Gasteiger partial charge is 0.239 e. The molecule has 2 rings (SSSR count). The summed E-state index contributed by atoms with van der Waals surface area (Å²) >= 11 is 0. The molecule has 1 aliphatic rings. The number of nitrogens with one attached hydrogen (secondary N) is 2. The highest BCUT2D eigenvalue weighted by Crippen LogP contribution is 2.11. The molecule has 2 heterocycles. The fourth-order valence-corrected chi connectivity index (χ4v) is 2.08. The van der Waals surface area contributed by atoms with Crippen molar-refractivity contribution < 1.29 is 4.39 Å². The van der Waals surface area contributed by atoms with E-state index in [-0.39, 0.29) is 11.8 Å². The van der Waals surface area contributed by atoms with Gasteiger partial charge in [-0.1, -0.05) is 0 Å². The van der Waals surface area contributed by atoms with Gasteiger partial charge in [0.1, 0.15) is 0 Å². The largest absolute Gasteiger partial charge is 0.367 e. The van der Waals surface area contributed by atoms with Crippen LogP contribution in [0.3, 0.4) is 0 Å². The Kier molecular flexibility index (Phi) is 4.66. The molecular weight excluding hydrogens is 235 g/mol. The summed E-state index contributed by atoms with van der Waals surface area (Å²) in [5, 5.41) is 2.96. The number of hydrogen-bond acceptors (Lipinski definition) is 6. The van der Waals surface area contributed by atoms with Gasteiger partial charge in [-0.2, -0.15) is 4.98 Å². The first-order valence-electron chi connectivity index (χ1n) is 6.25. The maximum absolute atomic E-state index is 13.4. The van der Waals surface area contributed by atoms with Crippen molar-refractivity contribution in [1.82, 2.24) is 14.9 Å². The van der Waals surface area contributed by atoms with Crippen LogP contribution >= 0.6 is 0 Å². The second-order valence-electron chi connectivity index (χ2n) is 4.36. The van der Waals surface area contributed by atoms with E-state index >= 15 is 0 Å². The third-order valence-corrected chi connectivity index (χ3v) is 3.02. The van der Waals surface area contributed by atoms with Crippen molar-refractivity contribution in [1.29, 1.82) is 0 Å². The quantitative estimate of drug-likeness (QED) is 0.396. The lowest BCUT2D eigenvalue weighted by Gasteiger charge is -2.14. The first-order valence-corrected chi connectivity index (χ1v) is 6.25. The van der Waals surface area contributed by atoms with Crippen LogP contribution in [0, 0.1) is 5.82 Å². The Bertz CT molecular complexity index is 380. The molecular formula is C11H19FN6. The molecule has 1 aromatic rings. The van der Waals surface area contributed by atoms with Crippen LogP contribution in [0.25, 0.3) is 0 Å². The number of likely N-dealkylation sites (tertiary alicyclic amines) is 1. The van der Waals surface area contributed by atoms with Gasteiger partial charge in [-0.25, -0.2) is 15.2 Å². The van der Waals surface area contributed by atoms with E-state index in [2.05, 4.69) is 25.6 Å². The molecule has 0 radical (unpaired) electrons. The molecule has 18 heavy (non-hydrogen) atoms. The third-order valence-electron chi connectivity index (χ3n) is 3.02. The molecule has 1 aromatic heterocycles. The maximum atomic E-state index is 13.4. The van der Waals surface area contributed by atoms with Crippen LogP contribution in [0.15, 0.2) is 6.20 Å². The number of nitrogens with zero attached hydrogens (tertiary/aromatic N) is 3. The van der Waals surface area contributed by atoms with Gasteiger partial charge >= 0.3 is 0 Å².